The van der Waals surface area contributed by atoms with Gasteiger partial charge >= 0.3 is 11.9 Å². The van der Waals surface area contributed by atoms with Gasteiger partial charge in [0.1, 0.15) is 23.5 Å². The number of nitrogens with zero attached hydrogens (tertiary/aromatic N) is 4. The number of pyridine rings is 1. The molecule has 2 amide bonds. The number of hydrogen-bond donors (Lipinski definition) is 1. The normalized spacial score (nSPS) is 18.9. The SMILES string of the molecule is C=CCOC(=O)C(=O)N1C(=O)[C@H]([C@@H](C)O)[C@H]1[C@@H](C)C(=O)c1cn2cnc(C(=O)c3cccnc3)c2s1. The van der Waals surface area contributed by atoms with Crippen LogP contribution in [0.4, 0.5) is 0 Å². The molecule has 1 aliphatic heterocycles. The van der Waals surface area contributed by atoms with E-state index in [-0.39, 0.29) is 23.0 Å². The third-order valence-corrected chi connectivity index (χ3v) is 7.08. The van der Waals surface area contributed by atoms with E-state index < -0.39 is 47.5 Å². The number of aromatic nitrogens is 3. The van der Waals surface area contributed by atoms with Gasteiger partial charge in [0.25, 0.3) is 0 Å². The van der Waals surface area contributed by atoms with Crippen molar-refractivity contribution in [1.82, 2.24) is 19.3 Å². The summed E-state index contributed by atoms with van der Waals surface area (Å²) in [5.41, 5.74) is 0.500. The third-order valence-electron chi connectivity index (χ3n) is 5.95. The average Bonchev–Trinajstić information content (AvgIpc) is 3.45. The summed E-state index contributed by atoms with van der Waals surface area (Å²) in [4.78, 5) is 73.0. The Bertz CT molecular complexity index is 1380. The molecule has 0 aliphatic carbocycles. The van der Waals surface area contributed by atoms with Crippen LogP contribution in [-0.2, 0) is 19.1 Å². The fourth-order valence-corrected chi connectivity index (χ4v) is 5.28. The number of ether oxygens (including phenoxy) is 1. The van der Waals surface area contributed by atoms with E-state index in [9.17, 15) is 29.1 Å². The highest BCUT2D eigenvalue weighted by atomic mass is 32.1. The number of rotatable bonds is 8. The number of amides is 2. The topological polar surface area (TPSA) is 148 Å². The molecule has 0 bridgehead atoms. The van der Waals surface area contributed by atoms with Gasteiger partial charge in [-0.15, -0.1) is 11.3 Å². The summed E-state index contributed by atoms with van der Waals surface area (Å²) in [5.74, 6) is -6.01. The maximum atomic E-state index is 13.4. The fraction of sp³-hybridized carbons (Fsp3) is 0.292. The van der Waals surface area contributed by atoms with E-state index >= 15 is 0 Å². The molecular formula is C24H22N4O7S. The molecule has 0 unspecified atom stereocenters. The Morgan fingerprint density at radius 1 is 1.31 bits per heavy atom. The van der Waals surface area contributed by atoms with Crippen molar-refractivity contribution in [3.8, 4) is 0 Å². The first-order valence-corrected chi connectivity index (χ1v) is 11.8. The molecule has 3 aromatic heterocycles. The van der Waals surface area contributed by atoms with Gasteiger partial charge < -0.3 is 9.84 Å². The predicted octanol–water partition coefficient (Wildman–Crippen LogP) is 1.30. The molecule has 0 aromatic carbocycles. The summed E-state index contributed by atoms with van der Waals surface area (Å²) in [6.07, 6.45) is 6.00. The number of aliphatic hydroxyl groups excluding tert-OH is 1. The van der Waals surface area contributed by atoms with Gasteiger partial charge in [-0.1, -0.05) is 19.6 Å². The van der Waals surface area contributed by atoms with Gasteiger partial charge in [0.05, 0.1) is 22.9 Å². The smallest absolute Gasteiger partial charge is 0.397 e. The van der Waals surface area contributed by atoms with E-state index in [1.807, 2.05) is 0 Å². The highest BCUT2D eigenvalue weighted by Gasteiger charge is 2.57. The van der Waals surface area contributed by atoms with E-state index in [4.69, 9.17) is 4.74 Å². The van der Waals surface area contributed by atoms with Gasteiger partial charge in [0.2, 0.25) is 11.7 Å². The van der Waals surface area contributed by atoms with Gasteiger partial charge in [-0.2, -0.15) is 0 Å². The first kappa shape index (κ1) is 25.1. The molecule has 1 aliphatic rings. The molecule has 4 heterocycles. The number of β-lactam (4-membered cyclic amide) rings is 1. The highest BCUT2D eigenvalue weighted by Crippen LogP contribution is 2.37. The molecule has 1 saturated heterocycles. The number of thiazole rings is 1. The number of imide groups is 1. The first-order valence-electron chi connectivity index (χ1n) is 11.0. The molecule has 0 spiro atoms. The zero-order valence-corrected chi connectivity index (χ0v) is 20.2. The van der Waals surface area contributed by atoms with E-state index in [0.29, 0.717) is 15.3 Å². The van der Waals surface area contributed by atoms with Gasteiger partial charge in [0.15, 0.2) is 5.78 Å². The van der Waals surface area contributed by atoms with Crippen molar-refractivity contribution >= 4 is 45.5 Å². The molecule has 3 aromatic rings. The van der Waals surface area contributed by atoms with Crippen LogP contribution in [0.3, 0.4) is 0 Å². The molecule has 4 rings (SSSR count). The summed E-state index contributed by atoms with van der Waals surface area (Å²) in [6.45, 7) is 6.06. The van der Waals surface area contributed by atoms with Crippen LogP contribution in [0.5, 0.6) is 0 Å². The summed E-state index contributed by atoms with van der Waals surface area (Å²) in [6, 6.07) is 2.19. The van der Waals surface area contributed by atoms with E-state index in [1.54, 1.807) is 22.7 Å². The van der Waals surface area contributed by atoms with Crippen LogP contribution in [0.2, 0.25) is 0 Å². The van der Waals surface area contributed by atoms with Crippen molar-refractivity contribution in [2.75, 3.05) is 6.61 Å². The number of fused-ring (bicyclic) bond motifs is 1. The van der Waals surface area contributed by atoms with Crippen molar-refractivity contribution in [3.05, 3.63) is 65.8 Å². The number of aliphatic hydroxyl groups is 1. The molecule has 1 fully saturated rings. The first-order chi connectivity index (χ1) is 17.2. The minimum atomic E-state index is -1.26. The van der Waals surface area contributed by atoms with Crippen molar-refractivity contribution in [1.29, 1.82) is 0 Å². The van der Waals surface area contributed by atoms with Crippen molar-refractivity contribution < 1.29 is 33.8 Å². The number of likely N-dealkylation sites (tertiary alicyclic amines) is 1. The molecule has 12 heteroatoms. The second-order valence-corrected chi connectivity index (χ2v) is 9.31. The molecular weight excluding hydrogens is 488 g/mol. The lowest BCUT2D eigenvalue weighted by Crippen LogP contribution is -2.70. The van der Waals surface area contributed by atoms with Crippen molar-refractivity contribution in [2.24, 2.45) is 11.8 Å². The Labute approximate surface area is 209 Å². The number of Topliss-reactive ketones (excluding diaryl/α,β-unsaturated/α-hetero) is 1. The number of esters is 1. The standard InChI is InChI=1S/C24H22N4O7S/c1-4-8-35-24(34)22(33)28-18(16(13(3)29)21(28)32)12(2)19(30)15-10-27-11-26-17(23(27)36-15)20(31)14-6-5-7-25-9-14/h4-7,9-13,16,18,29H,1,8H2,2-3H3/t12-,13-,16-,18-/m1/s1. The molecule has 4 atom stereocenters. The van der Waals surface area contributed by atoms with Gasteiger partial charge in [0, 0.05) is 30.1 Å². The van der Waals surface area contributed by atoms with Crippen LogP contribution in [-0.4, -0.2) is 72.5 Å². The van der Waals surface area contributed by atoms with Crippen molar-refractivity contribution in [3.63, 3.8) is 0 Å². The second kappa shape index (κ2) is 9.91. The van der Waals surface area contributed by atoms with E-state index in [1.165, 1.54) is 38.6 Å². The Morgan fingerprint density at radius 2 is 2.06 bits per heavy atom. The van der Waals surface area contributed by atoms with Gasteiger partial charge in [-0.05, 0) is 19.1 Å². The number of imidazole rings is 1. The van der Waals surface area contributed by atoms with Gasteiger partial charge in [-0.3, -0.25) is 33.5 Å². The molecule has 0 saturated carbocycles. The Hall–Kier alpha value is -4.03. The van der Waals surface area contributed by atoms with Crippen LogP contribution in [0.1, 0.15) is 39.6 Å². The maximum absolute atomic E-state index is 13.4. The van der Waals surface area contributed by atoms with Crippen LogP contribution in [0.25, 0.3) is 4.83 Å². The Balaban J connectivity index is 1.61. The van der Waals surface area contributed by atoms with Gasteiger partial charge in [-0.25, -0.2) is 9.78 Å². The molecule has 11 nitrogen and oxygen atoms in total. The maximum Gasteiger partial charge on any atom is 0.397 e. The number of carbonyl (C=O) groups is 5. The summed E-state index contributed by atoms with van der Waals surface area (Å²) in [5, 5.41) is 10.1. The second-order valence-electron chi connectivity index (χ2n) is 8.28. The van der Waals surface area contributed by atoms with Crippen LogP contribution in [0, 0.1) is 11.8 Å². The summed E-state index contributed by atoms with van der Waals surface area (Å²) < 4.78 is 6.28. The van der Waals surface area contributed by atoms with Crippen LogP contribution in [0.15, 0.2) is 49.7 Å². The third kappa shape index (κ3) is 4.25. The monoisotopic (exact) mass is 510 g/mol. The lowest BCUT2D eigenvalue weighted by Gasteiger charge is -2.48. The zero-order chi connectivity index (χ0) is 26.1. The largest absolute Gasteiger partial charge is 0.454 e. The summed E-state index contributed by atoms with van der Waals surface area (Å²) in [7, 11) is 0. The van der Waals surface area contributed by atoms with Crippen LogP contribution >= 0.6 is 11.3 Å². The minimum absolute atomic E-state index is 0.155. The molecule has 36 heavy (non-hydrogen) atoms. The van der Waals surface area contributed by atoms with E-state index in [0.717, 1.165) is 11.3 Å². The quantitative estimate of drug-likeness (QED) is 0.156. The molecule has 1 N–H and O–H groups in total. The Kier molecular flexibility index (Phi) is 6.91. The number of ketones is 2. The van der Waals surface area contributed by atoms with Crippen LogP contribution < -0.4 is 0 Å². The minimum Gasteiger partial charge on any atom is -0.454 e. The highest BCUT2D eigenvalue weighted by molar-refractivity contribution is 7.19. The van der Waals surface area contributed by atoms with E-state index in [2.05, 4.69) is 16.5 Å². The van der Waals surface area contributed by atoms with Crippen molar-refractivity contribution in [2.45, 2.75) is 26.0 Å². The predicted molar refractivity (Wildman–Crippen MR) is 126 cm³/mol. The summed E-state index contributed by atoms with van der Waals surface area (Å²) >= 11 is 1.04. The molecule has 0 radical (unpaired) electrons. The Morgan fingerprint density at radius 3 is 2.69 bits per heavy atom. The number of hydrogen-bond acceptors (Lipinski definition) is 10. The number of carbonyl (C=O) groups excluding carboxylic acids is 5. The zero-order valence-electron chi connectivity index (χ0n) is 19.4. The lowest BCUT2D eigenvalue weighted by atomic mass is 9.75. The lowest BCUT2D eigenvalue weighted by molar-refractivity contribution is -0.181. The average molecular weight is 511 g/mol. The fourth-order valence-electron chi connectivity index (χ4n) is 4.17. The molecule has 186 valence electrons.